The molecule has 0 aromatic rings. The summed E-state index contributed by atoms with van der Waals surface area (Å²) in [5.74, 6) is -0.823. The lowest BCUT2D eigenvalue weighted by molar-refractivity contribution is -0.130. The molecule has 0 N–H and O–H groups in total. The van der Waals surface area contributed by atoms with Crippen LogP contribution in [0.3, 0.4) is 0 Å². The van der Waals surface area contributed by atoms with Crippen LogP contribution in [-0.4, -0.2) is 37.7 Å². The Labute approximate surface area is 87.3 Å². The number of sulfonamides is 1. The van der Waals surface area contributed by atoms with Gasteiger partial charge in [0.1, 0.15) is 0 Å². The van der Waals surface area contributed by atoms with Gasteiger partial charge in [0, 0.05) is 13.1 Å². The van der Waals surface area contributed by atoms with Crippen molar-refractivity contribution < 1.29 is 21.6 Å². The summed E-state index contributed by atoms with van der Waals surface area (Å²) in [6.07, 6.45) is -3.23. The van der Waals surface area contributed by atoms with E-state index in [1.54, 1.807) is 0 Å². The molecule has 90 valence electrons. The first-order valence-corrected chi connectivity index (χ1v) is 6.47. The first-order valence-electron chi connectivity index (χ1n) is 4.86. The average Bonchev–Trinajstić information content (AvgIpc) is 2.16. The minimum absolute atomic E-state index is 0.361. The quantitative estimate of drug-likeness (QED) is 0.759. The topological polar surface area (TPSA) is 37.4 Å². The zero-order chi connectivity index (χ0) is 11.5. The van der Waals surface area contributed by atoms with Gasteiger partial charge in [-0.15, -0.1) is 0 Å². The maximum Gasteiger partial charge on any atom is 0.390 e. The number of rotatable bonds is 3. The van der Waals surface area contributed by atoms with E-state index in [1.165, 1.54) is 4.31 Å². The third-order valence-corrected chi connectivity index (χ3v) is 4.22. The second kappa shape index (κ2) is 4.69. The highest BCUT2D eigenvalue weighted by atomic mass is 32.2. The lowest BCUT2D eigenvalue weighted by Gasteiger charge is -2.25. The Bertz CT molecular complexity index is 293. The fourth-order valence-corrected chi connectivity index (χ4v) is 3.08. The van der Waals surface area contributed by atoms with E-state index in [4.69, 9.17) is 0 Å². The predicted octanol–water partition coefficient (Wildman–Crippen LogP) is 1.75. The van der Waals surface area contributed by atoms with Crippen molar-refractivity contribution in [3.8, 4) is 0 Å². The molecule has 0 aromatic carbocycles. The third-order valence-electron chi connectivity index (χ3n) is 2.35. The molecule has 0 radical (unpaired) electrons. The van der Waals surface area contributed by atoms with E-state index in [0.29, 0.717) is 13.1 Å². The minimum atomic E-state index is -4.40. The second-order valence-corrected chi connectivity index (χ2v) is 5.73. The third kappa shape index (κ3) is 4.38. The Balaban J connectivity index is 2.51. The Morgan fingerprint density at radius 1 is 1.07 bits per heavy atom. The molecular weight excluding hydrogens is 231 g/mol. The van der Waals surface area contributed by atoms with E-state index in [2.05, 4.69) is 0 Å². The molecule has 1 saturated heterocycles. The molecule has 0 unspecified atom stereocenters. The van der Waals surface area contributed by atoms with Gasteiger partial charge in [0.15, 0.2) is 0 Å². The first-order chi connectivity index (χ1) is 6.81. The van der Waals surface area contributed by atoms with Gasteiger partial charge in [-0.2, -0.15) is 13.2 Å². The Morgan fingerprint density at radius 3 is 2.07 bits per heavy atom. The summed E-state index contributed by atoms with van der Waals surface area (Å²) in [6, 6.07) is 0. The molecule has 15 heavy (non-hydrogen) atoms. The van der Waals surface area contributed by atoms with E-state index < -0.39 is 28.4 Å². The van der Waals surface area contributed by atoms with E-state index in [9.17, 15) is 21.6 Å². The van der Waals surface area contributed by atoms with Gasteiger partial charge in [0.05, 0.1) is 12.2 Å². The van der Waals surface area contributed by atoms with Gasteiger partial charge >= 0.3 is 6.18 Å². The molecule has 1 aliphatic rings. The lowest BCUT2D eigenvalue weighted by atomic mass is 10.2. The van der Waals surface area contributed by atoms with Gasteiger partial charge in [0.25, 0.3) is 0 Å². The molecule has 1 heterocycles. The molecule has 1 aliphatic heterocycles. The molecule has 0 amide bonds. The SMILES string of the molecule is O=S(=O)(CCC(F)(F)F)N1CCCCC1. The van der Waals surface area contributed by atoms with Crippen LogP contribution in [0.2, 0.25) is 0 Å². The van der Waals surface area contributed by atoms with E-state index in [0.717, 1.165) is 19.3 Å². The Morgan fingerprint density at radius 2 is 1.60 bits per heavy atom. The van der Waals surface area contributed by atoms with Gasteiger partial charge < -0.3 is 0 Å². The summed E-state index contributed by atoms with van der Waals surface area (Å²) < 4.78 is 59.7. The normalized spacial score (nSPS) is 20.5. The Hall–Kier alpha value is -0.300. The van der Waals surface area contributed by atoms with Crippen molar-refractivity contribution in [2.24, 2.45) is 0 Å². The standard InChI is InChI=1S/C8H14F3NO2S/c9-8(10,11)4-7-15(13,14)12-5-2-1-3-6-12/h1-7H2. The molecule has 7 heteroatoms. The van der Waals surface area contributed by atoms with Crippen LogP contribution < -0.4 is 0 Å². The van der Waals surface area contributed by atoms with Crippen molar-refractivity contribution in [3.05, 3.63) is 0 Å². The number of hydrogen-bond donors (Lipinski definition) is 0. The van der Waals surface area contributed by atoms with Crippen molar-refractivity contribution in [2.45, 2.75) is 31.9 Å². The smallest absolute Gasteiger partial charge is 0.212 e. The monoisotopic (exact) mass is 245 g/mol. The zero-order valence-corrected chi connectivity index (χ0v) is 9.07. The molecule has 0 aromatic heterocycles. The van der Waals surface area contributed by atoms with Crippen LogP contribution in [0.15, 0.2) is 0 Å². The maximum atomic E-state index is 11.9. The van der Waals surface area contributed by atoms with Crippen LogP contribution in [0.5, 0.6) is 0 Å². The van der Waals surface area contributed by atoms with Crippen LogP contribution in [0.25, 0.3) is 0 Å². The van der Waals surface area contributed by atoms with Crippen LogP contribution in [-0.2, 0) is 10.0 Å². The molecule has 0 saturated carbocycles. The van der Waals surface area contributed by atoms with Gasteiger partial charge in [-0.05, 0) is 12.8 Å². The van der Waals surface area contributed by atoms with Crippen LogP contribution in [0, 0.1) is 0 Å². The van der Waals surface area contributed by atoms with Gasteiger partial charge in [-0.3, -0.25) is 0 Å². The van der Waals surface area contributed by atoms with Crippen LogP contribution >= 0.6 is 0 Å². The zero-order valence-electron chi connectivity index (χ0n) is 8.26. The molecular formula is C8H14F3NO2S. The summed E-state index contributed by atoms with van der Waals surface area (Å²) in [6.45, 7) is 0.723. The van der Waals surface area contributed by atoms with Crippen LogP contribution in [0.4, 0.5) is 13.2 Å². The highest BCUT2D eigenvalue weighted by molar-refractivity contribution is 7.89. The highest BCUT2D eigenvalue weighted by Gasteiger charge is 2.32. The minimum Gasteiger partial charge on any atom is -0.212 e. The van der Waals surface area contributed by atoms with Crippen molar-refractivity contribution >= 4 is 10.0 Å². The van der Waals surface area contributed by atoms with Crippen LogP contribution in [0.1, 0.15) is 25.7 Å². The Kier molecular flexibility index (Phi) is 3.99. The maximum absolute atomic E-state index is 11.9. The summed E-state index contributed by atoms with van der Waals surface area (Å²) in [5.41, 5.74) is 0. The molecule has 0 aliphatic carbocycles. The van der Waals surface area contributed by atoms with E-state index in [1.807, 2.05) is 0 Å². The molecule has 0 atom stereocenters. The van der Waals surface area contributed by atoms with Gasteiger partial charge in [-0.1, -0.05) is 6.42 Å². The summed E-state index contributed by atoms with van der Waals surface area (Å²) in [4.78, 5) is 0. The van der Waals surface area contributed by atoms with Crippen molar-refractivity contribution in [1.82, 2.24) is 4.31 Å². The molecule has 1 rings (SSSR count). The number of hydrogen-bond acceptors (Lipinski definition) is 2. The predicted molar refractivity (Wildman–Crippen MR) is 49.9 cm³/mol. The summed E-state index contributed by atoms with van der Waals surface area (Å²) in [5, 5.41) is 0. The van der Waals surface area contributed by atoms with Crippen molar-refractivity contribution in [1.29, 1.82) is 0 Å². The summed E-state index contributed by atoms with van der Waals surface area (Å²) >= 11 is 0. The number of piperidine rings is 1. The molecule has 3 nitrogen and oxygen atoms in total. The fourth-order valence-electron chi connectivity index (χ4n) is 1.52. The molecule has 1 fully saturated rings. The van der Waals surface area contributed by atoms with Crippen molar-refractivity contribution in [3.63, 3.8) is 0 Å². The second-order valence-electron chi connectivity index (χ2n) is 3.64. The largest absolute Gasteiger partial charge is 0.390 e. The fraction of sp³-hybridized carbons (Fsp3) is 1.00. The van der Waals surface area contributed by atoms with E-state index in [-0.39, 0.29) is 0 Å². The van der Waals surface area contributed by atoms with Gasteiger partial charge in [-0.25, -0.2) is 12.7 Å². The first kappa shape index (κ1) is 12.8. The summed E-state index contributed by atoms with van der Waals surface area (Å²) in [7, 11) is -3.70. The number of nitrogens with zero attached hydrogens (tertiary/aromatic N) is 1. The van der Waals surface area contributed by atoms with Gasteiger partial charge in [0.2, 0.25) is 10.0 Å². The average molecular weight is 245 g/mol. The highest BCUT2D eigenvalue weighted by Crippen LogP contribution is 2.22. The molecule has 0 bridgehead atoms. The van der Waals surface area contributed by atoms with E-state index >= 15 is 0 Å². The number of halogens is 3. The lowest BCUT2D eigenvalue weighted by Crippen LogP contribution is -2.38. The number of alkyl halides is 3. The van der Waals surface area contributed by atoms with Crippen molar-refractivity contribution in [2.75, 3.05) is 18.8 Å². The molecule has 0 spiro atoms.